The molecule has 1 aromatic heterocycles. The van der Waals surface area contributed by atoms with E-state index >= 15 is 0 Å². The van der Waals surface area contributed by atoms with Gasteiger partial charge in [0.05, 0.1) is 5.52 Å². The van der Waals surface area contributed by atoms with E-state index in [-0.39, 0.29) is 11.5 Å². The van der Waals surface area contributed by atoms with Gasteiger partial charge < -0.3 is 15.5 Å². The maximum atomic E-state index is 13.3. The number of hydrogen-bond donors (Lipinski definition) is 2. The van der Waals surface area contributed by atoms with Crippen molar-refractivity contribution in [3.8, 4) is 0 Å². The molecule has 1 fully saturated rings. The van der Waals surface area contributed by atoms with E-state index in [4.69, 9.17) is 4.98 Å². The highest BCUT2D eigenvalue weighted by Gasteiger charge is 2.22. The van der Waals surface area contributed by atoms with E-state index in [1.54, 1.807) is 0 Å². The molecule has 6 nitrogen and oxygen atoms in total. The second-order valence-corrected chi connectivity index (χ2v) is 8.89. The van der Waals surface area contributed by atoms with Gasteiger partial charge >= 0.3 is 0 Å². The van der Waals surface area contributed by atoms with Crippen molar-refractivity contribution in [3.05, 3.63) is 59.7 Å². The SMILES string of the molecule is CN(C)c1nc(NCC2CCC(CNC(=O)c3ccc(F)c(F)c3)CC2)nc2ccccc12. The Morgan fingerprint density at radius 1 is 0.970 bits per heavy atom. The van der Waals surface area contributed by atoms with Crippen molar-refractivity contribution in [3.63, 3.8) is 0 Å². The van der Waals surface area contributed by atoms with Crippen molar-refractivity contribution < 1.29 is 13.6 Å². The standard InChI is InChI=1S/C25H29F2N5O/c1-32(2)23-19-5-3-4-6-22(19)30-25(31-23)29-15-17-9-7-16(8-10-17)14-28-24(33)18-11-12-20(26)21(27)13-18/h3-6,11-13,16-17H,7-10,14-15H2,1-2H3,(H,28,33)(H,29,30,31). The summed E-state index contributed by atoms with van der Waals surface area (Å²) in [6.45, 7) is 1.34. The summed E-state index contributed by atoms with van der Waals surface area (Å²) in [5.74, 6) is 0.0905. The normalized spacial score (nSPS) is 18.2. The maximum absolute atomic E-state index is 13.3. The molecule has 0 spiro atoms. The lowest BCUT2D eigenvalue weighted by Crippen LogP contribution is -2.32. The van der Waals surface area contributed by atoms with Crippen LogP contribution in [-0.4, -0.2) is 43.1 Å². The Morgan fingerprint density at radius 3 is 2.36 bits per heavy atom. The van der Waals surface area contributed by atoms with Crippen LogP contribution in [0.5, 0.6) is 0 Å². The van der Waals surface area contributed by atoms with Gasteiger partial charge in [0.15, 0.2) is 11.6 Å². The molecule has 0 radical (unpaired) electrons. The van der Waals surface area contributed by atoms with E-state index < -0.39 is 11.6 Å². The Labute approximate surface area is 192 Å². The Morgan fingerprint density at radius 2 is 1.67 bits per heavy atom. The molecular weight excluding hydrogens is 424 g/mol. The molecule has 4 rings (SSSR count). The molecule has 174 valence electrons. The molecule has 8 heteroatoms. The van der Waals surface area contributed by atoms with Gasteiger partial charge in [-0.2, -0.15) is 4.98 Å². The van der Waals surface area contributed by atoms with Crippen molar-refractivity contribution in [2.45, 2.75) is 25.7 Å². The van der Waals surface area contributed by atoms with Crippen molar-refractivity contribution in [2.24, 2.45) is 11.8 Å². The maximum Gasteiger partial charge on any atom is 0.251 e. The van der Waals surface area contributed by atoms with Crippen molar-refractivity contribution >= 4 is 28.6 Å². The van der Waals surface area contributed by atoms with Gasteiger partial charge in [0.25, 0.3) is 5.91 Å². The largest absolute Gasteiger partial charge is 0.362 e. The fourth-order valence-electron chi connectivity index (χ4n) is 4.33. The molecule has 0 saturated heterocycles. The number of carbonyl (C=O) groups is 1. The van der Waals surface area contributed by atoms with E-state index in [0.29, 0.717) is 24.3 Å². The number of aromatic nitrogens is 2. The minimum Gasteiger partial charge on any atom is -0.362 e. The third-order valence-corrected chi connectivity index (χ3v) is 6.25. The molecule has 0 unspecified atom stereocenters. The molecule has 0 aliphatic heterocycles. The summed E-state index contributed by atoms with van der Waals surface area (Å²) in [6, 6.07) is 11.2. The Bertz CT molecular complexity index is 1130. The molecule has 0 bridgehead atoms. The summed E-state index contributed by atoms with van der Waals surface area (Å²) in [5, 5.41) is 7.29. The monoisotopic (exact) mass is 453 g/mol. The minimum absolute atomic E-state index is 0.138. The predicted octanol–water partition coefficient (Wildman–Crippen LogP) is 4.62. The average Bonchev–Trinajstić information content (AvgIpc) is 2.83. The van der Waals surface area contributed by atoms with Gasteiger partial charge in [-0.3, -0.25) is 4.79 Å². The first-order valence-electron chi connectivity index (χ1n) is 11.3. The smallest absolute Gasteiger partial charge is 0.251 e. The first-order valence-corrected chi connectivity index (χ1v) is 11.3. The zero-order valence-corrected chi connectivity index (χ0v) is 18.9. The fraction of sp³-hybridized carbons (Fsp3) is 0.400. The highest BCUT2D eigenvalue weighted by molar-refractivity contribution is 5.94. The summed E-state index contributed by atoms with van der Waals surface area (Å²) < 4.78 is 26.4. The average molecular weight is 454 g/mol. The predicted molar refractivity (Wildman–Crippen MR) is 126 cm³/mol. The number of hydrogen-bond acceptors (Lipinski definition) is 5. The number of anilines is 2. The third kappa shape index (κ3) is 5.56. The van der Waals surface area contributed by atoms with Gasteiger partial charge in [-0.05, 0) is 67.9 Å². The van der Waals surface area contributed by atoms with Crippen LogP contribution in [0.3, 0.4) is 0 Å². The molecule has 2 aromatic carbocycles. The molecular formula is C25H29F2N5O. The zero-order chi connectivity index (χ0) is 23.4. The molecule has 2 N–H and O–H groups in total. The lowest BCUT2D eigenvalue weighted by molar-refractivity contribution is 0.0941. The van der Waals surface area contributed by atoms with E-state index in [1.165, 1.54) is 6.07 Å². The summed E-state index contributed by atoms with van der Waals surface area (Å²) >= 11 is 0. The second kappa shape index (κ2) is 10.1. The summed E-state index contributed by atoms with van der Waals surface area (Å²) in [6.07, 6.45) is 4.11. The molecule has 1 aliphatic rings. The first kappa shape index (κ1) is 22.9. The van der Waals surface area contributed by atoms with Crippen LogP contribution in [-0.2, 0) is 0 Å². The van der Waals surface area contributed by atoms with Gasteiger partial charge in [-0.25, -0.2) is 13.8 Å². The molecule has 1 heterocycles. The molecule has 1 amide bonds. The summed E-state index contributed by atoms with van der Waals surface area (Å²) in [5.41, 5.74) is 1.05. The van der Waals surface area contributed by atoms with Gasteiger partial charge in [0.1, 0.15) is 5.82 Å². The number of para-hydroxylation sites is 1. The molecule has 1 aliphatic carbocycles. The number of halogens is 2. The lowest BCUT2D eigenvalue weighted by atomic mass is 9.82. The van der Waals surface area contributed by atoms with Gasteiger partial charge in [0.2, 0.25) is 5.95 Å². The van der Waals surface area contributed by atoms with Crippen molar-refractivity contribution in [1.29, 1.82) is 0 Å². The number of nitrogens with zero attached hydrogens (tertiary/aromatic N) is 3. The molecule has 0 atom stereocenters. The van der Waals surface area contributed by atoms with Crippen LogP contribution >= 0.6 is 0 Å². The van der Waals surface area contributed by atoms with Crippen LogP contribution in [0.25, 0.3) is 10.9 Å². The van der Waals surface area contributed by atoms with Crippen LogP contribution in [0.1, 0.15) is 36.0 Å². The Balaban J connectivity index is 1.26. The third-order valence-electron chi connectivity index (χ3n) is 6.25. The van der Waals surface area contributed by atoms with Crippen LogP contribution in [0.2, 0.25) is 0 Å². The van der Waals surface area contributed by atoms with Crippen LogP contribution in [0.4, 0.5) is 20.5 Å². The number of fused-ring (bicyclic) bond motifs is 1. The van der Waals surface area contributed by atoms with Crippen LogP contribution < -0.4 is 15.5 Å². The van der Waals surface area contributed by atoms with Gasteiger partial charge in [-0.1, -0.05) is 12.1 Å². The molecule has 33 heavy (non-hydrogen) atoms. The van der Waals surface area contributed by atoms with E-state index in [2.05, 4.69) is 15.6 Å². The fourth-order valence-corrected chi connectivity index (χ4v) is 4.33. The number of benzene rings is 2. The van der Waals surface area contributed by atoms with Crippen LogP contribution in [0, 0.1) is 23.5 Å². The number of rotatable bonds is 7. The zero-order valence-electron chi connectivity index (χ0n) is 18.9. The van der Waals surface area contributed by atoms with Crippen molar-refractivity contribution in [2.75, 3.05) is 37.4 Å². The lowest BCUT2D eigenvalue weighted by Gasteiger charge is -2.29. The molecule has 1 saturated carbocycles. The number of amides is 1. The quantitative estimate of drug-likeness (QED) is 0.546. The highest BCUT2D eigenvalue weighted by Crippen LogP contribution is 2.29. The van der Waals surface area contributed by atoms with Gasteiger partial charge in [-0.15, -0.1) is 0 Å². The van der Waals surface area contributed by atoms with E-state index in [0.717, 1.165) is 61.1 Å². The van der Waals surface area contributed by atoms with Crippen LogP contribution in [0.15, 0.2) is 42.5 Å². The van der Waals surface area contributed by atoms with Gasteiger partial charge in [0, 0.05) is 38.1 Å². The van der Waals surface area contributed by atoms with Crippen molar-refractivity contribution in [1.82, 2.24) is 15.3 Å². The number of carbonyl (C=O) groups excluding carboxylic acids is 1. The minimum atomic E-state index is -1.01. The topological polar surface area (TPSA) is 70.2 Å². The molecule has 3 aromatic rings. The highest BCUT2D eigenvalue weighted by atomic mass is 19.2. The summed E-state index contributed by atoms with van der Waals surface area (Å²) in [7, 11) is 3.95. The number of nitrogens with one attached hydrogen (secondary N) is 2. The Kier molecular flexibility index (Phi) is 7.01. The first-order chi connectivity index (χ1) is 15.9. The second-order valence-electron chi connectivity index (χ2n) is 8.89. The Hall–Kier alpha value is -3.29. The van der Waals surface area contributed by atoms with E-state index in [1.807, 2.05) is 43.3 Å². The summed E-state index contributed by atoms with van der Waals surface area (Å²) in [4.78, 5) is 23.6. The van der Waals surface area contributed by atoms with E-state index in [9.17, 15) is 13.6 Å².